The van der Waals surface area contributed by atoms with E-state index < -0.39 is 12.0 Å². The van der Waals surface area contributed by atoms with Crippen molar-refractivity contribution < 1.29 is 14.6 Å². The monoisotopic (exact) mass is 243 g/mol. The Morgan fingerprint density at radius 2 is 2.31 bits per heavy atom. The summed E-state index contributed by atoms with van der Waals surface area (Å²) in [7, 11) is 1.59. The lowest BCUT2D eigenvalue weighted by Crippen LogP contribution is -2.31. The average Bonchev–Trinajstić information content (AvgIpc) is 2.52. The molecule has 5 heteroatoms. The van der Waals surface area contributed by atoms with Gasteiger partial charge in [-0.1, -0.05) is 0 Å². The van der Waals surface area contributed by atoms with Crippen molar-refractivity contribution in [3.8, 4) is 0 Å². The average molecular weight is 243 g/mol. The SMILES string of the molecule is COCCNC(C(=O)O)c1cc(C)sc1C. The second-order valence-electron chi connectivity index (χ2n) is 3.59. The van der Waals surface area contributed by atoms with Gasteiger partial charge in [0.15, 0.2) is 0 Å². The molecule has 0 bridgehead atoms. The molecule has 0 aliphatic carbocycles. The fraction of sp³-hybridized carbons (Fsp3) is 0.545. The van der Waals surface area contributed by atoms with E-state index in [2.05, 4.69) is 5.32 Å². The first-order valence-corrected chi connectivity index (χ1v) is 5.90. The summed E-state index contributed by atoms with van der Waals surface area (Å²) in [4.78, 5) is 13.3. The van der Waals surface area contributed by atoms with Gasteiger partial charge >= 0.3 is 5.97 Å². The molecule has 4 nitrogen and oxygen atoms in total. The summed E-state index contributed by atoms with van der Waals surface area (Å²) >= 11 is 1.62. The lowest BCUT2D eigenvalue weighted by atomic mass is 10.1. The van der Waals surface area contributed by atoms with Crippen molar-refractivity contribution in [2.24, 2.45) is 0 Å². The highest BCUT2D eigenvalue weighted by Crippen LogP contribution is 2.26. The molecule has 16 heavy (non-hydrogen) atoms. The van der Waals surface area contributed by atoms with Crippen LogP contribution in [0.25, 0.3) is 0 Å². The van der Waals surface area contributed by atoms with Crippen molar-refractivity contribution in [1.82, 2.24) is 5.32 Å². The van der Waals surface area contributed by atoms with E-state index in [1.807, 2.05) is 19.9 Å². The molecule has 1 aromatic rings. The Hall–Kier alpha value is -0.910. The maximum absolute atomic E-state index is 11.2. The maximum atomic E-state index is 11.2. The van der Waals surface area contributed by atoms with Crippen LogP contribution in [0.2, 0.25) is 0 Å². The minimum Gasteiger partial charge on any atom is -0.480 e. The van der Waals surface area contributed by atoms with E-state index >= 15 is 0 Å². The second-order valence-corrected chi connectivity index (χ2v) is 5.05. The third-order valence-electron chi connectivity index (χ3n) is 2.29. The molecular weight excluding hydrogens is 226 g/mol. The fourth-order valence-corrected chi connectivity index (χ4v) is 2.54. The topological polar surface area (TPSA) is 58.6 Å². The van der Waals surface area contributed by atoms with Gasteiger partial charge in [0.25, 0.3) is 0 Å². The van der Waals surface area contributed by atoms with Gasteiger partial charge < -0.3 is 9.84 Å². The van der Waals surface area contributed by atoms with E-state index in [-0.39, 0.29) is 0 Å². The number of thiophene rings is 1. The molecule has 1 rings (SSSR count). The standard InChI is InChI=1S/C11H17NO3S/c1-7-6-9(8(2)16-7)10(11(13)14)12-4-5-15-3/h6,10,12H,4-5H2,1-3H3,(H,13,14). The lowest BCUT2D eigenvalue weighted by molar-refractivity contribution is -0.139. The Kier molecular flexibility index (Phi) is 4.92. The Labute approximate surface area is 99.2 Å². The zero-order valence-electron chi connectivity index (χ0n) is 9.74. The van der Waals surface area contributed by atoms with E-state index in [1.165, 1.54) is 0 Å². The zero-order chi connectivity index (χ0) is 12.1. The van der Waals surface area contributed by atoms with E-state index in [9.17, 15) is 4.79 Å². The van der Waals surface area contributed by atoms with Crippen LogP contribution < -0.4 is 5.32 Å². The molecule has 0 saturated carbocycles. The Morgan fingerprint density at radius 3 is 2.75 bits per heavy atom. The number of hydrogen-bond donors (Lipinski definition) is 2. The van der Waals surface area contributed by atoms with Gasteiger partial charge in [0.1, 0.15) is 6.04 Å². The molecular formula is C11H17NO3S. The summed E-state index contributed by atoms with van der Waals surface area (Å²) in [6, 6.07) is 1.29. The van der Waals surface area contributed by atoms with Gasteiger partial charge in [-0.3, -0.25) is 10.1 Å². The third-order valence-corrected chi connectivity index (χ3v) is 3.27. The van der Waals surface area contributed by atoms with Crippen molar-refractivity contribution in [2.75, 3.05) is 20.3 Å². The van der Waals surface area contributed by atoms with Gasteiger partial charge in [0, 0.05) is 23.4 Å². The Morgan fingerprint density at radius 1 is 1.62 bits per heavy atom. The molecule has 0 radical (unpaired) electrons. The molecule has 1 heterocycles. The number of ether oxygens (including phenoxy) is 1. The molecule has 0 fully saturated rings. The summed E-state index contributed by atoms with van der Waals surface area (Å²) in [5.41, 5.74) is 0.853. The van der Waals surface area contributed by atoms with Crippen molar-refractivity contribution in [2.45, 2.75) is 19.9 Å². The van der Waals surface area contributed by atoms with Crippen LogP contribution in [-0.4, -0.2) is 31.3 Å². The number of nitrogens with one attached hydrogen (secondary N) is 1. The van der Waals surface area contributed by atoms with E-state index in [4.69, 9.17) is 9.84 Å². The van der Waals surface area contributed by atoms with Crippen molar-refractivity contribution in [1.29, 1.82) is 0 Å². The largest absolute Gasteiger partial charge is 0.480 e. The van der Waals surface area contributed by atoms with Crippen LogP contribution in [0.4, 0.5) is 0 Å². The number of carbonyl (C=O) groups is 1. The van der Waals surface area contributed by atoms with Crippen LogP contribution >= 0.6 is 11.3 Å². The van der Waals surface area contributed by atoms with Crippen molar-refractivity contribution in [3.05, 3.63) is 21.4 Å². The quantitative estimate of drug-likeness (QED) is 0.747. The second kappa shape index (κ2) is 5.98. The van der Waals surface area contributed by atoms with Gasteiger partial charge in [-0.2, -0.15) is 0 Å². The van der Waals surface area contributed by atoms with Crippen LogP contribution in [-0.2, 0) is 9.53 Å². The third kappa shape index (κ3) is 3.30. The van der Waals surface area contributed by atoms with Crippen molar-refractivity contribution in [3.63, 3.8) is 0 Å². The number of hydrogen-bond acceptors (Lipinski definition) is 4. The molecule has 1 aromatic heterocycles. The minimum absolute atomic E-state index is 0.506. The highest BCUT2D eigenvalue weighted by molar-refractivity contribution is 7.12. The normalized spacial score (nSPS) is 12.7. The number of methoxy groups -OCH3 is 1. The molecule has 90 valence electrons. The molecule has 0 saturated heterocycles. The first-order chi connectivity index (χ1) is 7.56. The van der Waals surface area contributed by atoms with Gasteiger partial charge in [-0.25, -0.2) is 0 Å². The van der Waals surface area contributed by atoms with Crippen LogP contribution in [0.3, 0.4) is 0 Å². The molecule has 0 aromatic carbocycles. The summed E-state index contributed by atoms with van der Waals surface area (Å²) in [6.07, 6.45) is 0. The van der Waals surface area contributed by atoms with Crippen LogP contribution in [0.1, 0.15) is 21.4 Å². The molecule has 1 unspecified atom stereocenters. The van der Waals surface area contributed by atoms with Gasteiger partial charge in [-0.05, 0) is 25.5 Å². The smallest absolute Gasteiger partial charge is 0.325 e. The van der Waals surface area contributed by atoms with Gasteiger partial charge in [0.05, 0.1) is 6.61 Å². The van der Waals surface area contributed by atoms with Crippen LogP contribution in [0, 0.1) is 13.8 Å². The summed E-state index contributed by atoms with van der Waals surface area (Å²) in [5.74, 6) is -0.850. The summed E-state index contributed by atoms with van der Waals surface area (Å²) in [5, 5.41) is 12.1. The molecule has 0 aliphatic heterocycles. The highest BCUT2D eigenvalue weighted by atomic mass is 32.1. The fourth-order valence-electron chi connectivity index (χ4n) is 1.57. The highest BCUT2D eigenvalue weighted by Gasteiger charge is 2.22. The van der Waals surface area contributed by atoms with Crippen molar-refractivity contribution >= 4 is 17.3 Å². The number of aryl methyl sites for hydroxylation is 2. The predicted molar refractivity (Wildman–Crippen MR) is 64.0 cm³/mol. The van der Waals surface area contributed by atoms with Crippen LogP contribution in [0.5, 0.6) is 0 Å². The van der Waals surface area contributed by atoms with E-state index in [1.54, 1.807) is 18.4 Å². The molecule has 0 amide bonds. The summed E-state index contributed by atoms with van der Waals surface area (Å²) < 4.78 is 4.89. The number of rotatable bonds is 6. The summed E-state index contributed by atoms with van der Waals surface area (Å²) in [6.45, 7) is 4.96. The van der Waals surface area contributed by atoms with Gasteiger partial charge in [-0.15, -0.1) is 11.3 Å². The molecule has 1 atom stereocenters. The predicted octanol–water partition coefficient (Wildman–Crippen LogP) is 1.73. The van der Waals surface area contributed by atoms with E-state index in [0.29, 0.717) is 13.2 Å². The maximum Gasteiger partial charge on any atom is 0.325 e. The number of carboxylic acid groups (broad SMARTS) is 1. The Balaban J connectivity index is 2.77. The van der Waals surface area contributed by atoms with E-state index in [0.717, 1.165) is 15.3 Å². The first-order valence-electron chi connectivity index (χ1n) is 5.08. The first kappa shape index (κ1) is 13.2. The number of carboxylic acids is 1. The lowest BCUT2D eigenvalue weighted by Gasteiger charge is -2.13. The molecule has 0 aliphatic rings. The minimum atomic E-state index is -0.850. The molecule has 2 N–H and O–H groups in total. The number of aliphatic carboxylic acids is 1. The van der Waals surface area contributed by atoms with Gasteiger partial charge in [0.2, 0.25) is 0 Å². The van der Waals surface area contributed by atoms with Crippen LogP contribution in [0.15, 0.2) is 6.07 Å². The zero-order valence-corrected chi connectivity index (χ0v) is 10.6. The molecule has 0 spiro atoms. The Bertz CT molecular complexity index is 362.